The molecular weight excluding hydrogens is 1210 g/mol. The first-order valence-electron chi connectivity index (χ1n) is 41.0. The number of carbonyl (C=O) groups excluding carboxylic acids is 3. The number of fused-ring (bicyclic) bond motifs is 3. The zero-order valence-corrected chi connectivity index (χ0v) is 62.8. The number of carbonyl (C=O) groups is 3. The summed E-state index contributed by atoms with van der Waals surface area (Å²) in [4.78, 5) is 41.9. The van der Waals surface area contributed by atoms with E-state index in [1.54, 1.807) is 6.92 Å². The molecule has 0 saturated carbocycles. The van der Waals surface area contributed by atoms with Crippen molar-refractivity contribution < 1.29 is 38.1 Å². The molecule has 0 saturated heterocycles. The predicted octanol–water partition coefficient (Wildman–Crippen LogP) is 25.3. The summed E-state index contributed by atoms with van der Waals surface area (Å²) in [5, 5.41) is 5.69. The molecule has 10 heteroatoms. The maximum atomic E-state index is 14.2. The molecule has 98 heavy (non-hydrogen) atoms. The lowest BCUT2D eigenvalue weighted by Gasteiger charge is -2.22. The number of hydrogen-bond acceptors (Lipinski definition) is 8. The molecule has 0 fully saturated rings. The van der Waals surface area contributed by atoms with Crippen molar-refractivity contribution in [2.75, 3.05) is 26.4 Å². The van der Waals surface area contributed by atoms with E-state index in [4.69, 9.17) is 23.7 Å². The minimum absolute atomic E-state index is 0.0608. The van der Waals surface area contributed by atoms with Gasteiger partial charge in [0.05, 0.1) is 19.8 Å². The molecular formula is C88H140N2O8. The molecule has 4 aromatic rings. The maximum Gasteiger partial charge on any atom is 0.407 e. The van der Waals surface area contributed by atoms with Crippen LogP contribution in [0.4, 0.5) is 4.79 Å². The first kappa shape index (κ1) is 83.2. The molecule has 5 rings (SSSR count). The van der Waals surface area contributed by atoms with E-state index >= 15 is 0 Å². The number of nitrogens with one attached hydrogen (secondary N) is 2. The minimum atomic E-state index is -1.03. The number of unbranched alkanes of at least 4 members (excludes halogenated alkanes) is 45. The first-order chi connectivity index (χ1) is 48.3. The highest BCUT2D eigenvalue weighted by molar-refractivity contribution is 5.90. The second kappa shape index (κ2) is 56.2. The van der Waals surface area contributed by atoms with Crippen molar-refractivity contribution in [3.8, 4) is 28.4 Å². The summed E-state index contributed by atoms with van der Waals surface area (Å²) in [5.41, 5.74) is 6.02. The van der Waals surface area contributed by atoms with E-state index in [0.717, 1.165) is 71.9 Å². The molecule has 0 aliphatic heterocycles. The Morgan fingerprint density at radius 2 is 0.694 bits per heavy atom. The Kier molecular flexibility index (Phi) is 47.7. The molecule has 10 nitrogen and oxygen atoms in total. The normalized spacial score (nSPS) is 12.4. The number of rotatable bonds is 64. The van der Waals surface area contributed by atoms with Gasteiger partial charge in [-0.15, -0.1) is 0 Å². The van der Waals surface area contributed by atoms with Crippen molar-refractivity contribution in [3.05, 3.63) is 113 Å². The number of alkyl carbamates (subject to hydrolysis) is 1. The van der Waals surface area contributed by atoms with E-state index in [9.17, 15) is 14.4 Å². The molecule has 2 N–H and O–H groups in total. The first-order valence-corrected chi connectivity index (χ1v) is 41.0. The van der Waals surface area contributed by atoms with Gasteiger partial charge in [-0.25, -0.2) is 9.59 Å². The van der Waals surface area contributed by atoms with Gasteiger partial charge in [0.25, 0.3) is 0 Å². The Morgan fingerprint density at radius 1 is 0.367 bits per heavy atom. The SMILES string of the molecule is CCCCCCCCCCCCCCCCCCOc1cc(COC(=O)[C@H](C)NC(=O)[C@H](Cc2ccccc2)NC(=O)OCC2c3ccccc3-c3ccccc32)cc(OCCCCCCCCCCCCCCCCCC)c1OCCCCCCCCCCCCCCCCCC. The zero-order chi connectivity index (χ0) is 69.4. The fourth-order valence-electron chi connectivity index (χ4n) is 14.1. The molecule has 0 bridgehead atoms. The monoisotopic (exact) mass is 1350 g/mol. The highest BCUT2D eigenvalue weighted by atomic mass is 16.6. The van der Waals surface area contributed by atoms with E-state index in [-0.39, 0.29) is 25.6 Å². The zero-order valence-electron chi connectivity index (χ0n) is 62.8. The Bertz CT molecular complexity index is 2520. The molecule has 1 aliphatic carbocycles. The van der Waals surface area contributed by atoms with Crippen LogP contribution >= 0.6 is 0 Å². The van der Waals surface area contributed by atoms with Crippen LogP contribution < -0.4 is 24.8 Å². The summed E-state index contributed by atoms with van der Waals surface area (Å²) < 4.78 is 32.1. The molecule has 4 aromatic carbocycles. The van der Waals surface area contributed by atoms with Crippen LogP contribution in [-0.4, -0.2) is 56.5 Å². The second-order valence-electron chi connectivity index (χ2n) is 28.9. The summed E-state index contributed by atoms with van der Waals surface area (Å²) in [6.45, 7) is 10.2. The van der Waals surface area contributed by atoms with Gasteiger partial charge in [-0.1, -0.05) is 389 Å². The number of benzene rings is 4. The van der Waals surface area contributed by atoms with Gasteiger partial charge in [-0.3, -0.25) is 4.79 Å². The quantitative estimate of drug-likeness (QED) is 0.0331. The minimum Gasteiger partial charge on any atom is -0.490 e. The summed E-state index contributed by atoms with van der Waals surface area (Å²) >= 11 is 0. The van der Waals surface area contributed by atoms with Crippen LogP contribution in [0.2, 0.25) is 0 Å². The Labute approximate surface area is 598 Å². The lowest BCUT2D eigenvalue weighted by atomic mass is 9.98. The van der Waals surface area contributed by atoms with Gasteiger partial charge in [0.2, 0.25) is 11.7 Å². The molecule has 0 radical (unpaired) electrons. The van der Waals surface area contributed by atoms with Crippen LogP contribution in [0.1, 0.15) is 364 Å². The Balaban J connectivity index is 1.18. The predicted molar refractivity (Wildman–Crippen MR) is 411 cm³/mol. The van der Waals surface area contributed by atoms with E-state index in [1.165, 1.54) is 270 Å². The summed E-state index contributed by atoms with van der Waals surface area (Å²) in [6, 6.07) is 27.7. The van der Waals surface area contributed by atoms with Crippen LogP contribution in [0.3, 0.4) is 0 Å². The molecule has 0 heterocycles. The maximum absolute atomic E-state index is 14.2. The Morgan fingerprint density at radius 3 is 1.06 bits per heavy atom. The van der Waals surface area contributed by atoms with Crippen molar-refractivity contribution in [1.82, 2.24) is 10.6 Å². The van der Waals surface area contributed by atoms with Crippen LogP contribution in [0.15, 0.2) is 91.0 Å². The third kappa shape index (κ3) is 37.2. The average Bonchev–Trinajstić information content (AvgIpc) is 1.61. The summed E-state index contributed by atoms with van der Waals surface area (Å²) in [6.07, 6.45) is 62.3. The molecule has 2 amide bonds. The topological polar surface area (TPSA) is 121 Å². The average molecular weight is 1350 g/mol. The Hall–Kier alpha value is -5.51. The van der Waals surface area contributed by atoms with Gasteiger partial charge < -0.3 is 34.3 Å². The molecule has 0 spiro atoms. The van der Waals surface area contributed by atoms with Crippen LogP contribution in [0.25, 0.3) is 11.1 Å². The number of amides is 2. The number of ether oxygens (including phenoxy) is 5. The lowest BCUT2D eigenvalue weighted by molar-refractivity contribution is -0.148. The molecule has 2 atom stereocenters. The molecule has 550 valence electrons. The van der Waals surface area contributed by atoms with Gasteiger partial charge in [-0.05, 0) is 71.7 Å². The highest BCUT2D eigenvalue weighted by Crippen LogP contribution is 2.45. The fourth-order valence-corrected chi connectivity index (χ4v) is 14.1. The van der Waals surface area contributed by atoms with Gasteiger partial charge in [-0.2, -0.15) is 0 Å². The number of hydrogen-bond donors (Lipinski definition) is 2. The van der Waals surface area contributed by atoms with Crippen molar-refractivity contribution in [1.29, 1.82) is 0 Å². The summed E-state index contributed by atoms with van der Waals surface area (Å²) in [5.74, 6) is 0.590. The molecule has 0 unspecified atom stereocenters. The van der Waals surface area contributed by atoms with Crippen LogP contribution in [0, 0.1) is 0 Å². The second-order valence-corrected chi connectivity index (χ2v) is 28.9. The van der Waals surface area contributed by atoms with Gasteiger partial charge in [0, 0.05) is 12.3 Å². The highest BCUT2D eigenvalue weighted by Gasteiger charge is 2.31. The third-order valence-corrected chi connectivity index (χ3v) is 20.2. The van der Waals surface area contributed by atoms with Crippen LogP contribution in [-0.2, 0) is 32.1 Å². The summed E-state index contributed by atoms with van der Waals surface area (Å²) in [7, 11) is 0. The van der Waals surface area contributed by atoms with E-state index in [2.05, 4.69) is 55.7 Å². The van der Waals surface area contributed by atoms with Crippen molar-refractivity contribution in [2.45, 2.75) is 367 Å². The largest absolute Gasteiger partial charge is 0.490 e. The smallest absolute Gasteiger partial charge is 0.407 e. The fraction of sp³-hybridized carbons (Fsp3) is 0.693. The van der Waals surface area contributed by atoms with Crippen molar-refractivity contribution in [3.63, 3.8) is 0 Å². The molecule has 1 aliphatic rings. The van der Waals surface area contributed by atoms with E-state index < -0.39 is 30.1 Å². The van der Waals surface area contributed by atoms with Gasteiger partial charge in [0.1, 0.15) is 25.3 Å². The standard InChI is InChI=1S/C88H140N2O8/c1-5-8-11-14-17-20-23-26-29-32-35-38-41-44-47-57-66-94-83-70-76(72-97-87(92)74(4)89-86(91)82(69-75-60-51-50-52-61-75)90-88(93)98-73-81-79-64-55-53-62-77(79)78-63-54-56-65-80(78)81)71-84(95-67-58-48-45-42-39-36-33-30-27-24-21-18-15-12-9-6-2)85(83)96-68-59-49-46-43-40-37-34-31-28-25-22-19-16-13-10-7-3/h50-56,60-65,70-71,74,81-82H,5-49,57-59,66-69,72-73H2,1-4H3,(H,89,91)(H,90,93)/t74-,82-/m0/s1. The van der Waals surface area contributed by atoms with Gasteiger partial charge >= 0.3 is 12.1 Å². The van der Waals surface area contributed by atoms with Crippen molar-refractivity contribution >= 4 is 18.0 Å². The lowest BCUT2D eigenvalue weighted by Crippen LogP contribution is -2.52. The third-order valence-electron chi connectivity index (χ3n) is 20.2. The van der Waals surface area contributed by atoms with Crippen LogP contribution in [0.5, 0.6) is 17.2 Å². The van der Waals surface area contributed by atoms with E-state index in [0.29, 0.717) is 37.1 Å². The van der Waals surface area contributed by atoms with Crippen molar-refractivity contribution in [2.24, 2.45) is 0 Å². The van der Waals surface area contributed by atoms with E-state index in [1.807, 2.05) is 66.7 Å². The molecule has 0 aromatic heterocycles. The number of esters is 1. The van der Waals surface area contributed by atoms with Gasteiger partial charge in [0.15, 0.2) is 11.5 Å².